The van der Waals surface area contributed by atoms with Crippen molar-refractivity contribution < 1.29 is 18.7 Å². The van der Waals surface area contributed by atoms with Crippen LogP contribution in [0, 0.1) is 18.2 Å². The Kier molecular flexibility index (Phi) is 3.48. The predicted octanol–water partition coefficient (Wildman–Crippen LogP) is 2.36. The summed E-state index contributed by atoms with van der Waals surface area (Å²) in [6.45, 7) is 2.88. The van der Waals surface area contributed by atoms with Gasteiger partial charge in [0, 0.05) is 42.6 Å². The second kappa shape index (κ2) is 5.53. The number of anilines is 1. The van der Waals surface area contributed by atoms with Gasteiger partial charge in [0.25, 0.3) is 0 Å². The monoisotopic (exact) mass is 389 g/mol. The van der Waals surface area contributed by atoms with Crippen LogP contribution in [0.15, 0.2) is 17.1 Å². The second-order valence-electron chi connectivity index (χ2n) is 8.48. The standard InChI is InChI=1S/C20H21F2N3O3/c1-9-16-10(18(26)11(19(27)28)6-25(16)14-5-12(14)21)4-13(22)17(9)24-7-15(23)20(8-24)2-3-20/h4,6,12,14-15H,2-3,5,7-8,23H2,1H3,(H,27,28)/t12-,14+,15+/m0/s1. The minimum absolute atomic E-state index is 0.0256. The molecule has 6 nitrogen and oxygen atoms in total. The van der Waals surface area contributed by atoms with E-state index in [9.17, 15) is 19.1 Å². The Morgan fingerprint density at radius 2 is 2.07 bits per heavy atom. The maximum atomic E-state index is 15.1. The highest BCUT2D eigenvalue weighted by Gasteiger charge is 2.54. The lowest BCUT2D eigenvalue weighted by Gasteiger charge is -2.24. The molecule has 8 heteroatoms. The fourth-order valence-corrected chi connectivity index (χ4v) is 4.76. The molecule has 1 aromatic carbocycles. The van der Waals surface area contributed by atoms with Gasteiger partial charge in [-0.25, -0.2) is 13.6 Å². The number of hydrogen-bond acceptors (Lipinski definition) is 4. The number of carboxylic acids is 1. The first-order valence-corrected chi connectivity index (χ1v) is 9.49. The van der Waals surface area contributed by atoms with Crippen molar-refractivity contribution >= 4 is 22.6 Å². The minimum Gasteiger partial charge on any atom is -0.477 e. The number of hydrogen-bond donors (Lipinski definition) is 2. The summed E-state index contributed by atoms with van der Waals surface area (Å²) < 4.78 is 30.5. The Bertz CT molecular complexity index is 1090. The van der Waals surface area contributed by atoms with Gasteiger partial charge in [-0.05, 0) is 31.4 Å². The number of carbonyl (C=O) groups is 1. The quantitative estimate of drug-likeness (QED) is 0.841. The molecule has 2 aromatic rings. The molecule has 3 aliphatic rings. The number of nitrogens with two attached hydrogens (primary N) is 1. The van der Waals surface area contributed by atoms with Crippen LogP contribution in [0.1, 0.15) is 41.2 Å². The van der Waals surface area contributed by atoms with Crippen LogP contribution >= 0.6 is 0 Å². The minimum atomic E-state index is -1.40. The van der Waals surface area contributed by atoms with E-state index >= 15 is 4.39 Å². The number of nitrogens with zero attached hydrogens (tertiary/aromatic N) is 2. The molecule has 3 N–H and O–H groups in total. The van der Waals surface area contributed by atoms with Gasteiger partial charge in [0.2, 0.25) is 5.43 Å². The highest BCUT2D eigenvalue weighted by atomic mass is 19.1. The van der Waals surface area contributed by atoms with Crippen molar-refractivity contribution in [2.75, 3.05) is 18.0 Å². The molecule has 28 heavy (non-hydrogen) atoms. The third kappa shape index (κ3) is 2.33. The smallest absolute Gasteiger partial charge is 0.341 e. The molecule has 3 fully saturated rings. The van der Waals surface area contributed by atoms with Crippen LogP contribution in [-0.2, 0) is 0 Å². The topological polar surface area (TPSA) is 88.6 Å². The molecule has 2 heterocycles. The van der Waals surface area contributed by atoms with E-state index in [1.807, 2.05) is 4.90 Å². The summed E-state index contributed by atoms with van der Waals surface area (Å²) in [4.78, 5) is 26.1. The molecule has 0 amide bonds. The third-order valence-corrected chi connectivity index (χ3v) is 6.67. The normalized spacial score (nSPS) is 27.6. The average molecular weight is 389 g/mol. The number of aromatic nitrogens is 1. The van der Waals surface area contributed by atoms with E-state index < -0.39 is 35.0 Å². The first kappa shape index (κ1) is 17.6. The molecular weight excluding hydrogens is 368 g/mol. The number of fused-ring (bicyclic) bond motifs is 1. The second-order valence-corrected chi connectivity index (χ2v) is 8.48. The first-order chi connectivity index (χ1) is 13.2. The van der Waals surface area contributed by atoms with Gasteiger partial charge in [0.15, 0.2) is 0 Å². The zero-order valence-corrected chi connectivity index (χ0v) is 15.4. The van der Waals surface area contributed by atoms with Crippen molar-refractivity contribution in [3.63, 3.8) is 0 Å². The lowest BCUT2D eigenvalue weighted by Crippen LogP contribution is -2.30. The van der Waals surface area contributed by atoms with E-state index in [0.29, 0.717) is 29.9 Å². The van der Waals surface area contributed by atoms with Gasteiger partial charge in [0.05, 0.1) is 17.2 Å². The van der Waals surface area contributed by atoms with Crippen molar-refractivity contribution in [2.45, 2.75) is 44.4 Å². The Morgan fingerprint density at radius 1 is 1.39 bits per heavy atom. The molecule has 1 aliphatic heterocycles. The van der Waals surface area contributed by atoms with Gasteiger partial charge < -0.3 is 20.3 Å². The van der Waals surface area contributed by atoms with Gasteiger partial charge in [-0.3, -0.25) is 4.79 Å². The number of carboxylic acid groups (broad SMARTS) is 1. The van der Waals surface area contributed by atoms with Gasteiger partial charge in [-0.15, -0.1) is 0 Å². The number of aryl methyl sites for hydroxylation is 1. The lowest BCUT2D eigenvalue weighted by atomic mass is 10.0. The number of benzene rings is 1. The van der Waals surface area contributed by atoms with Gasteiger partial charge in [-0.1, -0.05) is 0 Å². The SMILES string of the molecule is Cc1c(N2C[C@@H](N)C3(CC3)C2)c(F)cc2c(=O)c(C(=O)O)cn([C@@H]3C[C@@H]3F)c12. The number of alkyl halides is 1. The zero-order chi connectivity index (χ0) is 20.0. The summed E-state index contributed by atoms with van der Waals surface area (Å²) in [5.41, 5.74) is 6.38. The molecule has 0 unspecified atom stereocenters. The van der Waals surface area contributed by atoms with E-state index in [4.69, 9.17) is 5.73 Å². The summed E-state index contributed by atoms with van der Waals surface area (Å²) in [6.07, 6.45) is 2.40. The van der Waals surface area contributed by atoms with Crippen molar-refractivity contribution in [2.24, 2.45) is 11.1 Å². The van der Waals surface area contributed by atoms with E-state index in [2.05, 4.69) is 0 Å². The van der Waals surface area contributed by atoms with Crippen LogP contribution < -0.4 is 16.1 Å². The van der Waals surface area contributed by atoms with Crippen LogP contribution in [-0.4, -0.2) is 40.9 Å². The molecule has 2 aliphatic carbocycles. The van der Waals surface area contributed by atoms with Crippen LogP contribution in [0.2, 0.25) is 0 Å². The molecule has 148 valence electrons. The van der Waals surface area contributed by atoms with E-state index in [1.165, 1.54) is 10.8 Å². The predicted molar refractivity (Wildman–Crippen MR) is 100 cm³/mol. The van der Waals surface area contributed by atoms with E-state index in [-0.39, 0.29) is 23.3 Å². The molecule has 0 radical (unpaired) electrons. The van der Waals surface area contributed by atoms with Crippen molar-refractivity contribution in [3.05, 3.63) is 39.4 Å². The number of halogens is 2. The van der Waals surface area contributed by atoms with Crippen LogP contribution in [0.3, 0.4) is 0 Å². The molecule has 5 rings (SSSR count). The summed E-state index contributed by atoms with van der Waals surface area (Å²) in [5, 5.41) is 9.33. The Labute approximate surface area is 159 Å². The highest BCUT2D eigenvalue weighted by Crippen LogP contribution is 2.53. The van der Waals surface area contributed by atoms with Gasteiger partial charge in [0.1, 0.15) is 17.6 Å². The summed E-state index contributed by atoms with van der Waals surface area (Å²) in [7, 11) is 0. The summed E-state index contributed by atoms with van der Waals surface area (Å²) in [5.74, 6) is -1.98. The fraction of sp³-hybridized carbons (Fsp3) is 0.500. The fourth-order valence-electron chi connectivity index (χ4n) is 4.76. The molecular formula is C20H21F2N3O3. The van der Waals surface area contributed by atoms with Crippen molar-refractivity contribution in [3.8, 4) is 0 Å². The van der Waals surface area contributed by atoms with E-state index in [1.54, 1.807) is 6.92 Å². The third-order valence-electron chi connectivity index (χ3n) is 6.67. The molecule has 2 saturated carbocycles. The lowest BCUT2D eigenvalue weighted by molar-refractivity contribution is 0.0694. The Morgan fingerprint density at radius 3 is 2.61 bits per heavy atom. The maximum Gasteiger partial charge on any atom is 0.341 e. The van der Waals surface area contributed by atoms with Crippen LogP contribution in [0.5, 0.6) is 0 Å². The largest absolute Gasteiger partial charge is 0.477 e. The summed E-state index contributed by atoms with van der Waals surface area (Å²) >= 11 is 0. The number of aromatic carboxylic acids is 1. The molecule has 3 atom stereocenters. The molecule has 1 aromatic heterocycles. The molecule has 1 spiro atoms. The first-order valence-electron chi connectivity index (χ1n) is 9.49. The summed E-state index contributed by atoms with van der Waals surface area (Å²) in [6, 6.07) is 0.535. The highest BCUT2D eigenvalue weighted by molar-refractivity contribution is 5.95. The van der Waals surface area contributed by atoms with Gasteiger partial charge in [-0.2, -0.15) is 0 Å². The average Bonchev–Trinajstić information content (AvgIpc) is 3.51. The van der Waals surface area contributed by atoms with Crippen LogP contribution in [0.25, 0.3) is 10.9 Å². The zero-order valence-electron chi connectivity index (χ0n) is 15.4. The molecule has 1 saturated heterocycles. The van der Waals surface area contributed by atoms with Gasteiger partial charge >= 0.3 is 5.97 Å². The van der Waals surface area contributed by atoms with Crippen molar-refractivity contribution in [1.29, 1.82) is 0 Å². The Balaban J connectivity index is 1.75. The van der Waals surface area contributed by atoms with E-state index in [0.717, 1.165) is 18.9 Å². The van der Waals surface area contributed by atoms with Crippen molar-refractivity contribution in [1.82, 2.24) is 4.57 Å². The molecule has 0 bridgehead atoms. The Hall–Kier alpha value is -2.48. The van der Waals surface area contributed by atoms with Crippen LogP contribution in [0.4, 0.5) is 14.5 Å². The maximum absolute atomic E-state index is 15.1. The number of rotatable bonds is 3. The number of pyridine rings is 1.